The SMILES string of the molecule is Cc1ccc2c(Cl)ccc(NC(=O)c3cccc4ccccc34)c2n1. The van der Waals surface area contributed by atoms with Gasteiger partial charge in [0.05, 0.1) is 16.2 Å². The minimum absolute atomic E-state index is 0.163. The Morgan fingerprint density at radius 1 is 0.920 bits per heavy atom. The highest BCUT2D eigenvalue weighted by atomic mass is 35.5. The molecule has 0 saturated carbocycles. The van der Waals surface area contributed by atoms with Crippen LogP contribution in [-0.4, -0.2) is 10.9 Å². The van der Waals surface area contributed by atoms with E-state index >= 15 is 0 Å². The number of anilines is 1. The Morgan fingerprint density at radius 2 is 1.72 bits per heavy atom. The van der Waals surface area contributed by atoms with Crippen molar-refractivity contribution in [1.29, 1.82) is 0 Å². The quantitative estimate of drug-likeness (QED) is 0.513. The summed E-state index contributed by atoms with van der Waals surface area (Å²) in [5.74, 6) is -0.163. The second-order valence-corrected chi connectivity index (χ2v) is 6.33. The van der Waals surface area contributed by atoms with Crippen LogP contribution in [-0.2, 0) is 0 Å². The van der Waals surface area contributed by atoms with Crippen molar-refractivity contribution < 1.29 is 4.79 Å². The number of nitrogens with zero attached hydrogens (tertiary/aromatic N) is 1. The number of aryl methyl sites for hydroxylation is 1. The molecule has 1 amide bonds. The van der Waals surface area contributed by atoms with Gasteiger partial charge < -0.3 is 5.32 Å². The molecule has 4 rings (SSSR count). The summed E-state index contributed by atoms with van der Waals surface area (Å²) in [6.07, 6.45) is 0. The number of nitrogens with one attached hydrogen (secondary N) is 1. The van der Waals surface area contributed by atoms with Crippen LogP contribution < -0.4 is 5.32 Å². The third kappa shape index (κ3) is 2.83. The van der Waals surface area contributed by atoms with E-state index in [1.54, 1.807) is 12.1 Å². The normalized spacial score (nSPS) is 11.0. The zero-order valence-electron chi connectivity index (χ0n) is 13.6. The molecule has 0 aliphatic heterocycles. The lowest BCUT2D eigenvalue weighted by Crippen LogP contribution is -2.13. The molecule has 0 radical (unpaired) electrons. The molecule has 0 bridgehead atoms. The monoisotopic (exact) mass is 346 g/mol. The van der Waals surface area contributed by atoms with Crippen molar-refractivity contribution in [2.24, 2.45) is 0 Å². The van der Waals surface area contributed by atoms with E-state index in [-0.39, 0.29) is 5.91 Å². The number of fused-ring (bicyclic) bond motifs is 2. The van der Waals surface area contributed by atoms with Crippen molar-refractivity contribution in [2.75, 3.05) is 5.32 Å². The summed E-state index contributed by atoms with van der Waals surface area (Å²) < 4.78 is 0. The van der Waals surface area contributed by atoms with Gasteiger partial charge in [0.15, 0.2) is 0 Å². The zero-order chi connectivity index (χ0) is 17.4. The van der Waals surface area contributed by atoms with Gasteiger partial charge in [0.2, 0.25) is 0 Å². The van der Waals surface area contributed by atoms with E-state index in [9.17, 15) is 4.79 Å². The number of hydrogen-bond acceptors (Lipinski definition) is 2. The van der Waals surface area contributed by atoms with E-state index in [0.717, 1.165) is 21.9 Å². The maximum atomic E-state index is 12.9. The molecule has 0 fully saturated rings. The van der Waals surface area contributed by atoms with Crippen LogP contribution in [0.1, 0.15) is 16.1 Å². The maximum Gasteiger partial charge on any atom is 0.256 e. The summed E-state index contributed by atoms with van der Waals surface area (Å²) >= 11 is 6.26. The smallest absolute Gasteiger partial charge is 0.256 e. The second-order valence-electron chi connectivity index (χ2n) is 5.92. The van der Waals surface area contributed by atoms with Gasteiger partial charge in [-0.05, 0) is 48.0 Å². The molecule has 0 aliphatic carbocycles. The molecule has 25 heavy (non-hydrogen) atoms. The number of carbonyl (C=O) groups is 1. The lowest BCUT2D eigenvalue weighted by molar-refractivity contribution is 0.102. The molecule has 0 saturated heterocycles. The van der Waals surface area contributed by atoms with Crippen LogP contribution in [0.5, 0.6) is 0 Å². The first-order chi connectivity index (χ1) is 12.1. The lowest BCUT2D eigenvalue weighted by atomic mass is 10.0. The van der Waals surface area contributed by atoms with Gasteiger partial charge in [-0.3, -0.25) is 9.78 Å². The van der Waals surface area contributed by atoms with Crippen LogP contribution in [0.15, 0.2) is 66.7 Å². The van der Waals surface area contributed by atoms with Gasteiger partial charge in [0, 0.05) is 16.6 Å². The number of amides is 1. The van der Waals surface area contributed by atoms with Crippen molar-refractivity contribution >= 4 is 44.9 Å². The number of hydrogen-bond donors (Lipinski definition) is 1. The molecule has 0 spiro atoms. The van der Waals surface area contributed by atoms with Gasteiger partial charge in [0.1, 0.15) is 0 Å². The van der Waals surface area contributed by atoms with Gasteiger partial charge in [-0.25, -0.2) is 0 Å². The van der Waals surface area contributed by atoms with Crippen LogP contribution in [0.2, 0.25) is 5.02 Å². The Labute approximate surface area is 150 Å². The first-order valence-corrected chi connectivity index (χ1v) is 8.36. The molecule has 0 atom stereocenters. The summed E-state index contributed by atoms with van der Waals surface area (Å²) in [4.78, 5) is 17.4. The largest absolute Gasteiger partial charge is 0.320 e. The Bertz CT molecular complexity index is 1120. The molecule has 1 heterocycles. The van der Waals surface area contributed by atoms with Crippen LogP contribution in [0.3, 0.4) is 0 Å². The van der Waals surface area contributed by atoms with Crippen LogP contribution >= 0.6 is 11.6 Å². The number of benzene rings is 3. The van der Waals surface area contributed by atoms with Gasteiger partial charge >= 0.3 is 0 Å². The fraction of sp³-hybridized carbons (Fsp3) is 0.0476. The van der Waals surface area contributed by atoms with Crippen molar-refractivity contribution in [1.82, 2.24) is 4.98 Å². The third-order valence-corrected chi connectivity index (χ3v) is 4.56. The summed E-state index contributed by atoms with van der Waals surface area (Å²) in [6.45, 7) is 1.91. The highest BCUT2D eigenvalue weighted by Gasteiger charge is 2.13. The maximum absolute atomic E-state index is 12.9. The van der Waals surface area contributed by atoms with Crippen LogP contribution in [0, 0.1) is 6.92 Å². The van der Waals surface area contributed by atoms with Gasteiger partial charge in [-0.1, -0.05) is 48.0 Å². The van der Waals surface area contributed by atoms with Gasteiger partial charge in [-0.2, -0.15) is 0 Å². The zero-order valence-corrected chi connectivity index (χ0v) is 14.3. The molecule has 3 nitrogen and oxygen atoms in total. The molecule has 1 N–H and O–H groups in total. The molecular weight excluding hydrogens is 332 g/mol. The Balaban J connectivity index is 1.80. The van der Waals surface area contributed by atoms with E-state index in [0.29, 0.717) is 21.8 Å². The number of pyridine rings is 1. The highest BCUT2D eigenvalue weighted by molar-refractivity contribution is 6.36. The highest BCUT2D eigenvalue weighted by Crippen LogP contribution is 2.29. The fourth-order valence-electron chi connectivity index (χ4n) is 2.99. The van der Waals surface area contributed by atoms with Crippen LogP contribution in [0.25, 0.3) is 21.7 Å². The molecule has 3 aromatic carbocycles. The van der Waals surface area contributed by atoms with Crippen molar-refractivity contribution in [2.45, 2.75) is 6.92 Å². The average Bonchev–Trinajstić information content (AvgIpc) is 2.63. The standard InChI is InChI=1S/C21H15ClN2O/c1-13-9-10-17-18(22)11-12-19(20(17)23-13)24-21(25)16-8-4-6-14-5-2-3-7-15(14)16/h2-12H,1H3,(H,24,25). The number of aromatic nitrogens is 1. The predicted molar refractivity (Wildman–Crippen MR) is 103 cm³/mol. The van der Waals surface area contributed by atoms with E-state index in [1.165, 1.54) is 0 Å². The molecule has 0 aliphatic rings. The van der Waals surface area contributed by atoms with E-state index in [4.69, 9.17) is 11.6 Å². The van der Waals surface area contributed by atoms with E-state index < -0.39 is 0 Å². The predicted octanol–water partition coefficient (Wildman–Crippen LogP) is 5.60. The molecule has 1 aromatic heterocycles. The fourth-order valence-corrected chi connectivity index (χ4v) is 3.21. The lowest BCUT2D eigenvalue weighted by Gasteiger charge is -2.11. The Kier molecular flexibility index (Phi) is 3.86. The average molecular weight is 347 g/mol. The van der Waals surface area contributed by atoms with Crippen molar-refractivity contribution in [3.8, 4) is 0 Å². The van der Waals surface area contributed by atoms with Crippen LogP contribution in [0.4, 0.5) is 5.69 Å². The summed E-state index contributed by atoms with van der Waals surface area (Å²) in [6, 6.07) is 21.0. The third-order valence-electron chi connectivity index (χ3n) is 4.23. The summed E-state index contributed by atoms with van der Waals surface area (Å²) in [5, 5.41) is 6.38. The Morgan fingerprint density at radius 3 is 2.60 bits per heavy atom. The molecule has 122 valence electrons. The molecule has 4 heteroatoms. The second kappa shape index (κ2) is 6.19. The number of halogens is 1. The minimum Gasteiger partial charge on any atom is -0.320 e. The molecular formula is C21H15ClN2O. The van der Waals surface area contributed by atoms with Gasteiger partial charge in [-0.15, -0.1) is 0 Å². The topological polar surface area (TPSA) is 42.0 Å². The summed E-state index contributed by atoms with van der Waals surface area (Å²) in [5.41, 5.74) is 2.85. The minimum atomic E-state index is -0.163. The molecule has 0 unspecified atom stereocenters. The van der Waals surface area contributed by atoms with E-state index in [2.05, 4.69) is 10.3 Å². The number of carbonyl (C=O) groups excluding carboxylic acids is 1. The van der Waals surface area contributed by atoms with Gasteiger partial charge in [0.25, 0.3) is 5.91 Å². The van der Waals surface area contributed by atoms with E-state index in [1.807, 2.05) is 61.5 Å². The number of rotatable bonds is 2. The Hall–Kier alpha value is -2.91. The summed E-state index contributed by atoms with van der Waals surface area (Å²) in [7, 11) is 0. The first kappa shape index (κ1) is 15.6. The first-order valence-electron chi connectivity index (χ1n) is 7.98. The molecule has 4 aromatic rings. The van der Waals surface area contributed by atoms with Crippen molar-refractivity contribution in [3.63, 3.8) is 0 Å². The van der Waals surface area contributed by atoms with Crippen molar-refractivity contribution in [3.05, 3.63) is 83.0 Å².